The van der Waals surface area contributed by atoms with Crippen molar-refractivity contribution < 1.29 is 23.9 Å². The number of carbonyl (C=O) groups excluding carboxylic acids is 4. The monoisotopic (exact) mass is 418 g/mol. The van der Waals surface area contributed by atoms with Crippen molar-refractivity contribution in [3.05, 3.63) is 47.0 Å². The number of ether oxygens (including phenoxy) is 1. The van der Waals surface area contributed by atoms with Gasteiger partial charge in [0.25, 0.3) is 5.91 Å². The van der Waals surface area contributed by atoms with Gasteiger partial charge in [-0.25, -0.2) is 4.79 Å². The van der Waals surface area contributed by atoms with Gasteiger partial charge in [-0.2, -0.15) is 0 Å². The molecule has 0 spiro atoms. The van der Waals surface area contributed by atoms with Gasteiger partial charge in [-0.05, 0) is 44.4 Å². The summed E-state index contributed by atoms with van der Waals surface area (Å²) < 4.78 is 5.05. The van der Waals surface area contributed by atoms with E-state index in [2.05, 4.69) is 5.32 Å². The van der Waals surface area contributed by atoms with E-state index in [0.29, 0.717) is 17.9 Å². The molecule has 1 N–H and O–H groups in total. The summed E-state index contributed by atoms with van der Waals surface area (Å²) in [6.07, 6.45) is 4.75. The molecule has 7 nitrogen and oxygen atoms in total. The van der Waals surface area contributed by atoms with Gasteiger partial charge >= 0.3 is 5.97 Å². The van der Waals surface area contributed by atoms with E-state index < -0.39 is 36.4 Å². The third kappa shape index (κ3) is 4.50. The van der Waals surface area contributed by atoms with Crippen LogP contribution in [0.3, 0.4) is 0 Å². The van der Waals surface area contributed by atoms with Gasteiger partial charge in [0.1, 0.15) is 6.04 Å². The molecule has 3 rings (SSSR count). The lowest BCUT2D eigenvalue weighted by atomic mass is 9.85. The highest BCUT2D eigenvalue weighted by Crippen LogP contribution is 2.36. The van der Waals surface area contributed by atoms with Crippen LogP contribution in [-0.2, 0) is 23.9 Å². The number of fused-ring (bicyclic) bond motifs is 1. The fourth-order valence-electron chi connectivity index (χ4n) is 3.71. The molecule has 3 amide bonds. The van der Waals surface area contributed by atoms with Gasteiger partial charge in [-0.15, -0.1) is 0 Å². The number of carbonyl (C=O) groups is 4. The third-order valence-corrected chi connectivity index (χ3v) is 5.58. The smallest absolute Gasteiger partial charge is 0.329 e. The number of rotatable bonds is 6. The Labute approximate surface area is 174 Å². The Bertz CT molecular complexity index is 842. The van der Waals surface area contributed by atoms with Crippen LogP contribution in [0, 0.1) is 11.8 Å². The van der Waals surface area contributed by atoms with Gasteiger partial charge < -0.3 is 10.1 Å². The summed E-state index contributed by atoms with van der Waals surface area (Å²) in [7, 11) is 0. The maximum absolute atomic E-state index is 12.5. The summed E-state index contributed by atoms with van der Waals surface area (Å²) in [6, 6.07) is 5.67. The molecule has 1 heterocycles. The molecule has 0 unspecified atom stereocenters. The second-order valence-electron chi connectivity index (χ2n) is 7.33. The normalized spacial score (nSPS) is 22.8. The van der Waals surface area contributed by atoms with Gasteiger partial charge in [-0.1, -0.05) is 35.9 Å². The minimum atomic E-state index is -1.07. The lowest BCUT2D eigenvalue weighted by Crippen LogP contribution is -2.45. The SMILES string of the molecule is C[C@H](NC(=O)COC(=O)[C@H](C)N1C(=O)[C@H]2CC=CC[C@@H]2C1=O)c1cccc(Cl)c1. The topological polar surface area (TPSA) is 92.8 Å². The first-order chi connectivity index (χ1) is 13.8. The maximum Gasteiger partial charge on any atom is 0.329 e. The zero-order valence-electron chi connectivity index (χ0n) is 16.3. The predicted molar refractivity (Wildman–Crippen MR) is 106 cm³/mol. The number of hydrogen-bond donors (Lipinski definition) is 1. The Balaban J connectivity index is 1.53. The highest BCUT2D eigenvalue weighted by Gasteiger charge is 2.50. The molecule has 1 aromatic carbocycles. The zero-order valence-corrected chi connectivity index (χ0v) is 17.0. The van der Waals surface area contributed by atoms with Crippen LogP contribution in [0.25, 0.3) is 0 Å². The van der Waals surface area contributed by atoms with Crippen LogP contribution >= 0.6 is 11.6 Å². The quantitative estimate of drug-likeness (QED) is 0.435. The zero-order chi connectivity index (χ0) is 21.1. The minimum Gasteiger partial charge on any atom is -0.454 e. The molecule has 1 aliphatic heterocycles. The molecule has 1 aliphatic carbocycles. The number of esters is 1. The average molecular weight is 419 g/mol. The minimum absolute atomic E-state index is 0.324. The van der Waals surface area contributed by atoms with Crippen molar-refractivity contribution in [2.75, 3.05) is 6.61 Å². The van der Waals surface area contributed by atoms with Crippen LogP contribution < -0.4 is 5.32 Å². The van der Waals surface area contributed by atoms with Gasteiger partial charge in [0, 0.05) is 5.02 Å². The molecule has 4 atom stereocenters. The second kappa shape index (κ2) is 8.78. The molecule has 1 fully saturated rings. The first-order valence-electron chi connectivity index (χ1n) is 9.53. The van der Waals surface area contributed by atoms with Crippen molar-refractivity contribution >= 4 is 35.3 Å². The standard InChI is InChI=1S/C21H23ClN2O5/c1-12(14-6-5-7-15(22)10-14)23-18(25)11-29-21(28)13(2)24-19(26)16-8-3-4-9-17(16)20(24)27/h3-7,10,12-13,16-17H,8-9,11H2,1-2H3,(H,23,25)/t12-,13-,16-,17-/m0/s1. The van der Waals surface area contributed by atoms with Gasteiger partial charge in [0.15, 0.2) is 6.61 Å². The van der Waals surface area contributed by atoms with E-state index in [-0.39, 0.29) is 17.9 Å². The Hall–Kier alpha value is -2.67. The van der Waals surface area contributed by atoms with Crippen LogP contribution in [0.2, 0.25) is 5.02 Å². The largest absolute Gasteiger partial charge is 0.454 e. The van der Waals surface area contributed by atoms with E-state index in [0.717, 1.165) is 10.5 Å². The summed E-state index contributed by atoms with van der Waals surface area (Å²) in [5.74, 6) is -2.81. The summed E-state index contributed by atoms with van der Waals surface area (Å²) in [5, 5.41) is 3.27. The Morgan fingerprint density at radius 3 is 2.38 bits per heavy atom. The summed E-state index contributed by atoms with van der Waals surface area (Å²) >= 11 is 5.95. The van der Waals surface area contributed by atoms with E-state index in [4.69, 9.17) is 16.3 Å². The van der Waals surface area contributed by atoms with Crippen molar-refractivity contribution in [1.82, 2.24) is 10.2 Å². The number of hydrogen-bond acceptors (Lipinski definition) is 5. The molecule has 8 heteroatoms. The van der Waals surface area contributed by atoms with Crippen molar-refractivity contribution in [3.8, 4) is 0 Å². The van der Waals surface area contributed by atoms with Crippen LogP contribution in [-0.4, -0.2) is 41.2 Å². The Morgan fingerprint density at radius 1 is 1.17 bits per heavy atom. The van der Waals surface area contributed by atoms with Crippen LogP contribution in [0.5, 0.6) is 0 Å². The summed E-state index contributed by atoms with van der Waals surface area (Å²) in [5.41, 5.74) is 0.815. The van der Waals surface area contributed by atoms with Crippen molar-refractivity contribution in [2.45, 2.75) is 38.8 Å². The van der Waals surface area contributed by atoms with E-state index in [1.165, 1.54) is 6.92 Å². The van der Waals surface area contributed by atoms with E-state index in [1.807, 2.05) is 18.2 Å². The highest BCUT2D eigenvalue weighted by atomic mass is 35.5. The van der Waals surface area contributed by atoms with Gasteiger partial charge in [-0.3, -0.25) is 19.3 Å². The fraction of sp³-hybridized carbons (Fsp3) is 0.429. The number of likely N-dealkylation sites (tertiary alicyclic amines) is 1. The van der Waals surface area contributed by atoms with Crippen molar-refractivity contribution in [3.63, 3.8) is 0 Å². The number of imide groups is 1. The van der Waals surface area contributed by atoms with E-state index >= 15 is 0 Å². The molecule has 29 heavy (non-hydrogen) atoms. The number of halogens is 1. The average Bonchev–Trinajstić information content (AvgIpc) is 2.96. The fourth-order valence-corrected chi connectivity index (χ4v) is 3.91. The van der Waals surface area contributed by atoms with Crippen molar-refractivity contribution in [2.24, 2.45) is 11.8 Å². The lowest BCUT2D eigenvalue weighted by Gasteiger charge is -2.21. The van der Waals surface area contributed by atoms with Gasteiger partial charge in [0.05, 0.1) is 17.9 Å². The number of nitrogens with one attached hydrogen (secondary N) is 1. The highest BCUT2D eigenvalue weighted by molar-refractivity contribution is 6.30. The van der Waals surface area contributed by atoms with Crippen LogP contribution in [0.1, 0.15) is 38.3 Å². The number of benzene rings is 1. The van der Waals surface area contributed by atoms with E-state index in [1.54, 1.807) is 25.1 Å². The summed E-state index contributed by atoms with van der Waals surface area (Å²) in [4.78, 5) is 50.5. The molecule has 0 radical (unpaired) electrons. The molecule has 0 bridgehead atoms. The molecule has 1 saturated heterocycles. The van der Waals surface area contributed by atoms with Crippen molar-refractivity contribution in [1.29, 1.82) is 0 Å². The number of allylic oxidation sites excluding steroid dienone is 2. The lowest BCUT2D eigenvalue weighted by molar-refractivity contribution is -0.159. The molecule has 0 saturated carbocycles. The molecular weight excluding hydrogens is 396 g/mol. The summed E-state index contributed by atoms with van der Waals surface area (Å²) in [6.45, 7) is 2.72. The van der Waals surface area contributed by atoms with Gasteiger partial charge in [0.2, 0.25) is 11.8 Å². The van der Waals surface area contributed by atoms with Crippen LogP contribution in [0.15, 0.2) is 36.4 Å². The third-order valence-electron chi connectivity index (χ3n) is 5.34. The second-order valence-corrected chi connectivity index (χ2v) is 7.77. The first-order valence-corrected chi connectivity index (χ1v) is 9.90. The molecule has 0 aromatic heterocycles. The Morgan fingerprint density at radius 2 is 1.79 bits per heavy atom. The van der Waals surface area contributed by atoms with Crippen LogP contribution in [0.4, 0.5) is 0 Å². The molecule has 1 aromatic rings. The number of amides is 3. The maximum atomic E-state index is 12.5. The first kappa shape index (κ1) is 21.0. The molecule has 2 aliphatic rings. The Kier molecular flexibility index (Phi) is 6.37. The predicted octanol–water partition coefficient (Wildman–Crippen LogP) is 2.40. The number of nitrogens with zero attached hydrogens (tertiary/aromatic N) is 1. The molecular formula is C21H23ClN2O5. The van der Waals surface area contributed by atoms with E-state index in [9.17, 15) is 19.2 Å². The molecule has 154 valence electrons.